The summed E-state index contributed by atoms with van der Waals surface area (Å²) in [6, 6.07) is 13.0. The number of carbonyl (C=O) groups excluding carboxylic acids is 1. The fraction of sp³-hybridized carbons (Fsp3) is 0. The summed E-state index contributed by atoms with van der Waals surface area (Å²) in [5.74, 6) is -2.02. The molecule has 1 aromatic heterocycles. The fourth-order valence-corrected chi connectivity index (χ4v) is 3.67. The minimum Gasteiger partial charge on any atom is -0.478 e. The van der Waals surface area contributed by atoms with Crippen LogP contribution in [0.1, 0.15) is 15.9 Å². The minimum atomic E-state index is -1.13. The van der Waals surface area contributed by atoms with E-state index in [0.717, 1.165) is 21.4 Å². The van der Waals surface area contributed by atoms with Gasteiger partial charge < -0.3 is 10.4 Å². The van der Waals surface area contributed by atoms with Gasteiger partial charge in [0, 0.05) is 21.5 Å². The van der Waals surface area contributed by atoms with Crippen molar-refractivity contribution in [1.82, 2.24) is 0 Å². The van der Waals surface area contributed by atoms with Crippen molar-refractivity contribution in [2.45, 2.75) is 0 Å². The van der Waals surface area contributed by atoms with Gasteiger partial charge in [0.2, 0.25) is 5.91 Å². The van der Waals surface area contributed by atoms with Crippen molar-refractivity contribution < 1.29 is 19.1 Å². The second-order valence-electron chi connectivity index (χ2n) is 5.54. The Morgan fingerprint density at radius 1 is 1.15 bits per heavy atom. The number of carboxylic acid groups (broad SMARTS) is 1. The molecule has 0 saturated carbocycles. The largest absolute Gasteiger partial charge is 0.478 e. The molecule has 1 amide bonds. The Kier molecular flexibility index (Phi) is 5.83. The van der Waals surface area contributed by atoms with E-state index in [-0.39, 0.29) is 10.6 Å². The number of carbonyl (C=O) groups is 2. The van der Waals surface area contributed by atoms with Crippen molar-refractivity contribution in [3.8, 4) is 11.1 Å². The van der Waals surface area contributed by atoms with Gasteiger partial charge >= 0.3 is 5.97 Å². The molecule has 0 spiro atoms. The Balaban J connectivity index is 1.83. The van der Waals surface area contributed by atoms with E-state index in [2.05, 4.69) is 21.2 Å². The molecule has 0 bridgehead atoms. The van der Waals surface area contributed by atoms with E-state index in [0.29, 0.717) is 11.1 Å². The molecule has 2 aromatic carbocycles. The zero-order chi connectivity index (χ0) is 19.4. The number of carboxylic acids is 1. The second-order valence-corrected chi connectivity index (χ2v) is 7.34. The number of hydrogen-bond acceptors (Lipinski definition) is 3. The van der Waals surface area contributed by atoms with Crippen LogP contribution in [0, 0.1) is 5.82 Å². The van der Waals surface area contributed by atoms with E-state index < -0.39 is 17.7 Å². The van der Waals surface area contributed by atoms with Crippen molar-refractivity contribution in [1.29, 1.82) is 0 Å². The molecule has 0 atom stereocenters. The molecule has 0 aliphatic rings. The predicted octanol–water partition coefficient (Wildman–Crippen LogP) is 5.67. The Morgan fingerprint density at radius 3 is 2.56 bits per heavy atom. The lowest BCUT2D eigenvalue weighted by Gasteiger charge is -2.04. The molecule has 0 radical (unpaired) electrons. The molecule has 0 unspecified atom stereocenters. The molecule has 0 aliphatic carbocycles. The van der Waals surface area contributed by atoms with Crippen LogP contribution >= 0.6 is 27.3 Å². The highest BCUT2D eigenvalue weighted by Crippen LogP contribution is 2.36. The maximum absolute atomic E-state index is 13.2. The van der Waals surface area contributed by atoms with Gasteiger partial charge in [0.15, 0.2) is 0 Å². The summed E-state index contributed by atoms with van der Waals surface area (Å²) < 4.78 is 14.1. The lowest BCUT2D eigenvalue weighted by Crippen LogP contribution is -2.10. The number of halogens is 2. The van der Waals surface area contributed by atoms with Gasteiger partial charge in [-0.3, -0.25) is 4.79 Å². The molecule has 3 aromatic rings. The van der Waals surface area contributed by atoms with Crippen molar-refractivity contribution in [3.63, 3.8) is 0 Å². The average Bonchev–Trinajstić information content (AvgIpc) is 3.04. The van der Waals surface area contributed by atoms with Crippen LogP contribution < -0.4 is 5.32 Å². The smallest absolute Gasteiger partial charge is 0.339 e. The number of nitrogens with one attached hydrogen (secondary N) is 1. The molecule has 1 heterocycles. The molecule has 4 nitrogen and oxygen atoms in total. The number of aromatic carboxylic acids is 1. The van der Waals surface area contributed by atoms with Crippen LogP contribution in [0.25, 0.3) is 17.2 Å². The third-order valence-electron chi connectivity index (χ3n) is 3.67. The molecule has 0 aliphatic heterocycles. The molecule has 27 heavy (non-hydrogen) atoms. The summed E-state index contributed by atoms with van der Waals surface area (Å²) in [5, 5.41) is 14.1. The first-order valence-corrected chi connectivity index (χ1v) is 9.46. The van der Waals surface area contributed by atoms with Gasteiger partial charge in [-0.25, -0.2) is 9.18 Å². The molecular weight excluding hydrogens is 433 g/mol. The number of benzene rings is 2. The van der Waals surface area contributed by atoms with Gasteiger partial charge in [-0.2, -0.15) is 0 Å². The van der Waals surface area contributed by atoms with Crippen molar-refractivity contribution in [3.05, 3.63) is 81.4 Å². The topological polar surface area (TPSA) is 66.4 Å². The zero-order valence-electron chi connectivity index (χ0n) is 13.8. The highest BCUT2D eigenvalue weighted by Gasteiger charge is 2.20. The summed E-state index contributed by atoms with van der Waals surface area (Å²) in [4.78, 5) is 23.9. The van der Waals surface area contributed by atoms with E-state index >= 15 is 0 Å². The normalized spacial score (nSPS) is 10.9. The molecule has 2 N–H and O–H groups in total. The summed E-state index contributed by atoms with van der Waals surface area (Å²) in [5.41, 5.74) is 1.84. The highest BCUT2D eigenvalue weighted by molar-refractivity contribution is 9.10. The monoisotopic (exact) mass is 445 g/mol. The van der Waals surface area contributed by atoms with Gasteiger partial charge in [-0.05, 0) is 41.5 Å². The summed E-state index contributed by atoms with van der Waals surface area (Å²) in [6.07, 6.45) is 2.70. The number of hydrogen-bond donors (Lipinski definition) is 2. The van der Waals surface area contributed by atoms with Crippen LogP contribution in [0.3, 0.4) is 0 Å². The van der Waals surface area contributed by atoms with E-state index in [1.54, 1.807) is 29.6 Å². The van der Waals surface area contributed by atoms with Crippen molar-refractivity contribution in [2.24, 2.45) is 0 Å². The van der Waals surface area contributed by atoms with Crippen molar-refractivity contribution >= 4 is 50.2 Å². The predicted molar refractivity (Wildman–Crippen MR) is 108 cm³/mol. The van der Waals surface area contributed by atoms with Gasteiger partial charge in [0.1, 0.15) is 16.4 Å². The molecular formula is C20H13BrFNO3S. The second kappa shape index (κ2) is 8.28. The van der Waals surface area contributed by atoms with E-state index in [9.17, 15) is 19.1 Å². The van der Waals surface area contributed by atoms with E-state index in [1.165, 1.54) is 24.3 Å². The van der Waals surface area contributed by atoms with E-state index in [4.69, 9.17) is 0 Å². The van der Waals surface area contributed by atoms with Crippen LogP contribution in [-0.4, -0.2) is 17.0 Å². The fourth-order valence-electron chi connectivity index (χ4n) is 2.44. The maximum atomic E-state index is 13.2. The molecule has 136 valence electrons. The lowest BCUT2D eigenvalue weighted by molar-refractivity contribution is -0.111. The Bertz CT molecular complexity index is 1030. The Hall–Kier alpha value is -2.77. The standard InChI is InChI=1S/C20H13BrFNO3S/c21-14-7-5-13(6-8-14)16-11-27-19(18(16)20(25)26)23-17(24)9-4-12-2-1-3-15(22)10-12/h1-11H,(H,23,24)(H,25,26). The SMILES string of the molecule is O=C(C=Cc1cccc(F)c1)Nc1scc(-c2ccc(Br)cc2)c1C(=O)O. The summed E-state index contributed by atoms with van der Waals surface area (Å²) >= 11 is 4.48. The number of thiophene rings is 1. The Labute approximate surface area is 167 Å². The highest BCUT2D eigenvalue weighted by atomic mass is 79.9. The number of anilines is 1. The molecule has 0 saturated heterocycles. The van der Waals surface area contributed by atoms with Crippen LogP contribution in [0.4, 0.5) is 9.39 Å². The first-order chi connectivity index (χ1) is 12.9. The third-order valence-corrected chi connectivity index (χ3v) is 5.10. The minimum absolute atomic E-state index is 0.0369. The average molecular weight is 446 g/mol. The zero-order valence-corrected chi connectivity index (χ0v) is 16.2. The van der Waals surface area contributed by atoms with E-state index in [1.807, 2.05) is 12.1 Å². The van der Waals surface area contributed by atoms with Gasteiger partial charge in [0.05, 0.1) is 0 Å². The number of amides is 1. The van der Waals surface area contributed by atoms with Gasteiger partial charge in [-0.15, -0.1) is 11.3 Å². The molecule has 0 fully saturated rings. The first kappa shape index (κ1) is 19.0. The summed E-state index contributed by atoms with van der Waals surface area (Å²) in [6.45, 7) is 0. The third kappa shape index (κ3) is 4.69. The van der Waals surface area contributed by atoms with Crippen LogP contribution in [0.5, 0.6) is 0 Å². The lowest BCUT2D eigenvalue weighted by atomic mass is 10.0. The molecule has 3 rings (SSSR count). The van der Waals surface area contributed by atoms with Gasteiger partial charge in [0.25, 0.3) is 0 Å². The van der Waals surface area contributed by atoms with Gasteiger partial charge in [-0.1, -0.05) is 40.2 Å². The van der Waals surface area contributed by atoms with Crippen molar-refractivity contribution in [2.75, 3.05) is 5.32 Å². The maximum Gasteiger partial charge on any atom is 0.339 e. The first-order valence-electron chi connectivity index (χ1n) is 7.79. The Morgan fingerprint density at radius 2 is 1.89 bits per heavy atom. The quantitative estimate of drug-likeness (QED) is 0.497. The van der Waals surface area contributed by atoms with Crippen LogP contribution in [-0.2, 0) is 4.79 Å². The molecule has 7 heteroatoms. The van der Waals surface area contributed by atoms with Crippen LogP contribution in [0.2, 0.25) is 0 Å². The summed E-state index contributed by atoms with van der Waals surface area (Å²) in [7, 11) is 0. The van der Waals surface area contributed by atoms with Crippen LogP contribution in [0.15, 0.2) is 64.5 Å². The number of rotatable bonds is 5.